The Labute approximate surface area is 220 Å². The van der Waals surface area contributed by atoms with Crippen LogP contribution in [0.4, 0.5) is 11.6 Å². The van der Waals surface area contributed by atoms with E-state index in [0.717, 1.165) is 11.1 Å². The van der Waals surface area contributed by atoms with E-state index >= 15 is 0 Å². The van der Waals surface area contributed by atoms with Crippen molar-refractivity contribution in [3.63, 3.8) is 0 Å². The highest BCUT2D eigenvalue weighted by Crippen LogP contribution is 2.40. The van der Waals surface area contributed by atoms with E-state index in [0.29, 0.717) is 52.6 Å². The lowest BCUT2D eigenvalue weighted by molar-refractivity contribution is -0.113. The maximum Gasteiger partial charge on any atom is 0.255 e. The molecule has 4 aromatic rings. The zero-order chi connectivity index (χ0) is 26.6. The van der Waals surface area contributed by atoms with E-state index in [4.69, 9.17) is 24.3 Å². The second-order valence-corrected chi connectivity index (χ2v) is 8.54. The molecule has 0 radical (unpaired) electrons. The second kappa shape index (κ2) is 10.6. The quantitative estimate of drug-likeness (QED) is 0.350. The van der Waals surface area contributed by atoms with Crippen LogP contribution in [-0.4, -0.2) is 46.5 Å². The molecule has 0 spiro atoms. The molecule has 10 heteroatoms. The second-order valence-electron chi connectivity index (χ2n) is 8.54. The van der Waals surface area contributed by atoms with Crippen molar-refractivity contribution >= 4 is 17.5 Å². The summed E-state index contributed by atoms with van der Waals surface area (Å²) in [6, 6.07) is 16.1. The summed E-state index contributed by atoms with van der Waals surface area (Å²) in [7, 11) is 3.20. The highest BCUT2D eigenvalue weighted by molar-refractivity contribution is 6.06. The molecule has 0 fully saturated rings. The molecule has 0 bridgehead atoms. The van der Waals surface area contributed by atoms with Crippen LogP contribution in [0.1, 0.15) is 25.5 Å². The van der Waals surface area contributed by atoms with Gasteiger partial charge in [0.1, 0.15) is 11.8 Å². The topological polar surface area (TPSA) is 112 Å². The van der Waals surface area contributed by atoms with Crippen LogP contribution < -0.4 is 24.8 Å². The van der Waals surface area contributed by atoms with E-state index in [1.54, 1.807) is 43.4 Å². The Morgan fingerprint density at radius 3 is 2.68 bits per heavy atom. The predicted octanol–water partition coefficient (Wildman–Crippen LogP) is 4.68. The first-order chi connectivity index (χ1) is 18.5. The number of amides is 1. The third-order valence-electron chi connectivity index (χ3n) is 6.15. The fraction of sp³-hybridized carbons (Fsp3) is 0.214. The van der Waals surface area contributed by atoms with Gasteiger partial charge in [0.15, 0.2) is 17.3 Å². The number of anilines is 2. The summed E-state index contributed by atoms with van der Waals surface area (Å²) in [6.45, 7) is 4.26. The summed E-state index contributed by atoms with van der Waals surface area (Å²) in [6.07, 6.45) is 3.25. The summed E-state index contributed by atoms with van der Waals surface area (Å²) < 4.78 is 18.4. The molecule has 1 aliphatic rings. The summed E-state index contributed by atoms with van der Waals surface area (Å²) in [5.74, 6) is 2.59. The Balaban J connectivity index is 1.63. The molecule has 2 N–H and O–H groups in total. The van der Waals surface area contributed by atoms with E-state index in [1.165, 1.54) is 0 Å². The molecule has 2 aromatic heterocycles. The van der Waals surface area contributed by atoms with Crippen LogP contribution in [0.5, 0.6) is 17.2 Å². The van der Waals surface area contributed by atoms with Crippen molar-refractivity contribution < 1.29 is 19.0 Å². The van der Waals surface area contributed by atoms with E-state index < -0.39 is 6.04 Å². The maximum atomic E-state index is 13.7. The van der Waals surface area contributed by atoms with Gasteiger partial charge in [-0.2, -0.15) is 4.98 Å². The van der Waals surface area contributed by atoms with Crippen molar-refractivity contribution in [2.24, 2.45) is 0 Å². The Kier molecular flexibility index (Phi) is 6.94. The molecule has 1 unspecified atom stereocenters. The third-order valence-corrected chi connectivity index (χ3v) is 6.15. The average Bonchev–Trinajstić information content (AvgIpc) is 3.37. The first-order valence-corrected chi connectivity index (χ1v) is 12.1. The zero-order valence-electron chi connectivity index (χ0n) is 21.6. The maximum absolute atomic E-state index is 13.7. The number of carbonyl (C=O) groups excluding carboxylic acids is 1. The van der Waals surface area contributed by atoms with E-state index in [-0.39, 0.29) is 5.91 Å². The number of rotatable bonds is 8. The van der Waals surface area contributed by atoms with Crippen molar-refractivity contribution in [2.75, 3.05) is 31.5 Å². The number of allylic oxidation sites excluding steroid dienone is 1. The molecule has 1 aliphatic heterocycles. The van der Waals surface area contributed by atoms with Gasteiger partial charge >= 0.3 is 0 Å². The van der Waals surface area contributed by atoms with Gasteiger partial charge in [0.2, 0.25) is 5.95 Å². The molecule has 2 aromatic carbocycles. The lowest BCUT2D eigenvalue weighted by Crippen LogP contribution is -2.31. The van der Waals surface area contributed by atoms with Crippen LogP contribution in [0.3, 0.4) is 0 Å². The standard InChI is InChI=1S/C28H28N6O4/c1-5-38-22-12-11-18(15-23(22)37-4)25-24(27(35)31-20-9-7-13-29-16-20)17(2)30-28-32-26(33-34(25)28)19-8-6-10-21(14-19)36-3/h6-16,25H,5H2,1-4H3,(H,31,35)(H,30,32,33). The van der Waals surface area contributed by atoms with E-state index in [2.05, 4.69) is 15.6 Å². The van der Waals surface area contributed by atoms with Gasteiger partial charge in [0.05, 0.1) is 38.3 Å². The summed E-state index contributed by atoms with van der Waals surface area (Å²) in [5.41, 5.74) is 3.29. The number of hydrogen-bond acceptors (Lipinski definition) is 8. The van der Waals surface area contributed by atoms with Crippen LogP contribution in [0.15, 0.2) is 78.3 Å². The number of ether oxygens (including phenoxy) is 3. The van der Waals surface area contributed by atoms with Crippen LogP contribution in [0.25, 0.3) is 11.4 Å². The molecule has 0 saturated carbocycles. The van der Waals surface area contributed by atoms with Crippen LogP contribution >= 0.6 is 0 Å². The zero-order valence-corrected chi connectivity index (χ0v) is 21.6. The van der Waals surface area contributed by atoms with Crippen LogP contribution in [-0.2, 0) is 4.79 Å². The molecule has 3 heterocycles. The highest BCUT2D eigenvalue weighted by atomic mass is 16.5. The van der Waals surface area contributed by atoms with Crippen molar-refractivity contribution in [2.45, 2.75) is 19.9 Å². The summed E-state index contributed by atoms with van der Waals surface area (Å²) >= 11 is 0. The van der Waals surface area contributed by atoms with E-state index in [1.807, 2.05) is 56.3 Å². The average molecular weight is 513 g/mol. The molecular formula is C28H28N6O4. The molecule has 1 atom stereocenters. The van der Waals surface area contributed by atoms with Gasteiger partial charge in [-0.15, -0.1) is 5.10 Å². The Hall–Kier alpha value is -4.86. The Morgan fingerprint density at radius 2 is 1.95 bits per heavy atom. The lowest BCUT2D eigenvalue weighted by atomic mass is 9.94. The summed E-state index contributed by atoms with van der Waals surface area (Å²) in [5, 5.41) is 11.0. The number of carbonyl (C=O) groups is 1. The molecular weight excluding hydrogens is 484 g/mol. The van der Waals surface area contributed by atoms with Gasteiger partial charge in [-0.25, -0.2) is 4.68 Å². The molecule has 5 rings (SSSR count). The number of pyridine rings is 1. The molecule has 38 heavy (non-hydrogen) atoms. The molecule has 194 valence electrons. The van der Waals surface area contributed by atoms with Gasteiger partial charge in [-0.3, -0.25) is 9.78 Å². The fourth-order valence-corrected chi connectivity index (χ4v) is 4.40. The highest BCUT2D eigenvalue weighted by Gasteiger charge is 2.35. The van der Waals surface area contributed by atoms with Crippen LogP contribution in [0.2, 0.25) is 0 Å². The first-order valence-electron chi connectivity index (χ1n) is 12.1. The minimum Gasteiger partial charge on any atom is -0.497 e. The largest absolute Gasteiger partial charge is 0.497 e. The number of nitrogens with zero attached hydrogens (tertiary/aromatic N) is 4. The van der Waals surface area contributed by atoms with Gasteiger partial charge in [0.25, 0.3) is 5.91 Å². The molecule has 1 amide bonds. The first kappa shape index (κ1) is 24.8. The SMILES string of the molecule is CCOc1ccc(C2C(C(=O)Nc3cccnc3)=C(C)Nc3nc(-c4cccc(OC)c4)nn32)cc1OC. The number of benzene rings is 2. The van der Waals surface area contributed by atoms with E-state index in [9.17, 15) is 4.79 Å². The molecule has 0 saturated heterocycles. The minimum atomic E-state index is -0.598. The van der Waals surface area contributed by atoms with Crippen molar-refractivity contribution in [3.05, 3.63) is 83.8 Å². The van der Waals surface area contributed by atoms with Gasteiger partial charge in [0, 0.05) is 17.5 Å². The van der Waals surface area contributed by atoms with Crippen LogP contribution in [0, 0.1) is 0 Å². The normalized spacial score (nSPS) is 14.4. The monoisotopic (exact) mass is 512 g/mol. The predicted molar refractivity (Wildman–Crippen MR) is 144 cm³/mol. The fourth-order valence-electron chi connectivity index (χ4n) is 4.40. The number of methoxy groups -OCH3 is 2. The summed E-state index contributed by atoms with van der Waals surface area (Å²) in [4.78, 5) is 22.5. The number of aromatic nitrogens is 4. The third kappa shape index (κ3) is 4.75. The Morgan fingerprint density at radius 1 is 1.08 bits per heavy atom. The molecule has 10 nitrogen and oxygen atoms in total. The Bertz CT molecular complexity index is 1500. The molecule has 0 aliphatic carbocycles. The van der Waals surface area contributed by atoms with Gasteiger partial charge < -0.3 is 24.8 Å². The lowest BCUT2D eigenvalue weighted by Gasteiger charge is -2.29. The minimum absolute atomic E-state index is 0.287. The van der Waals surface area contributed by atoms with Crippen molar-refractivity contribution in [3.8, 4) is 28.6 Å². The smallest absolute Gasteiger partial charge is 0.255 e. The van der Waals surface area contributed by atoms with Crippen molar-refractivity contribution in [1.82, 2.24) is 19.7 Å². The van der Waals surface area contributed by atoms with Gasteiger partial charge in [-0.1, -0.05) is 18.2 Å². The van der Waals surface area contributed by atoms with Crippen molar-refractivity contribution in [1.29, 1.82) is 0 Å². The number of nitrogens with one attached hydrogen (secondary N) is 2. The van der Waals surface area contributed by atoms with Gasteiger partial charge in [-0.05, 0) is 55.8 Å². The number of hydrogen-bond donors (Lipinski definition) is 2. The number of fused-ring (bicyclic) bond motifs is 1.